The Morgan fingerprint density at radius 2 is 1.85 bits per heavy atom. The first-order chi connectivity index (χ1) is 9.83. The van der Waals surface area contributed by atoms with Crippen LogP contribution in [-0.2, 0) is 0 Å². The van der Waals surface area contributed by atoms with Crippen molar-refractivity contribution in [3.63, 3.8) is 0 Å². The molecule has 0 spiro atoms. The molecule has 3 rings (SSSR count). The molecule has 1 saturated heterocycles. The average molecular weight is 268 g/mol. The highest BCUT2D eigenvalue weighted by atomic mass is 15.2. The summed E-state index contributed by atoms with van der Waals surface area (Å²) >= 11 is 0. The van der Waals surface area contributed by atoms with Gasteiger partial charge in [0.15, 0.2) is 0 Å². The molecule has 0 aliphatic carbocycles. The highest BCUT2D eigenvalue weighted by molar-refractivity contribution is 5.63. The number of piperidine rings is 1. The maximum Gasteiger partial charge on any atom is 0.148 e. The van der Waals surface area contributed by atoms with Crippen molar-refractivity contribution in [3.8, 4) is 11.3 Å². The van der Waals surface area contributed by atoms with Crippen LogP contribution in [0.5, 0.6) is 0 Å². The molecule has 0 amide bonds. The third-order valence-corrected chi connectivity index (χ3v) is 3.78. The molecule has 0 radical (unpaired) electrons. The van der Waals surface area contributed by atoms with Crippen molar-refractivity contribution in [1.82, 2.24) is 15.5 Å². The normalized spacial score (nSPS) is 16.1. The van der Waals surface area contributed by atoms with E-state index in [9.17, 15) is 0 Å². The van der Waals surface area contributed by atoms with Gasteiger partial charge in [-0.2, -0.15) is 0 Å². The van der Waals surface area contributed by atoms with E-state index < -0.39 is 0 Å². The monoisotopic (exact) mass is 268 g/mol. The minimum absolute atomic E-state index is 0.509. The first-order valence-corrected chi connectivity index (χ1v) is 7.20. The first-order valence-electron chi connectivity index (χ1n) is 7.20. The van der Waals surface area contributed by atoms with E-state index in [0.717, 1.165) is 43.0 Å². The highest BCUT2D eigenvalue weighted by Gasteiger charge is 2.13. The van der Waals surface area contributed by atoms with Crippen molar-refractivity contribution >= 4 is 5.82 Å². The van der Waals surface area contributed by atoms with E-state index in [-0.39, 0.29) is 0 Å². The van der Waals surface area contributed by atoms with Crippen LogP contribution in [0, 0.1) is 6.92 Å². The Bertz CT molecular complexity index is 559. The Kier molecular flexibility index (Phi) is 3.92. The van der Waals surface area contributed by atoms with Crippen LogP contribution < -0.4 is 10.6 Å². The Morgan fingerprint density at radius 3 is 2.55 bits per heavy atom. The lowest BCUT2D eigenvalue weighted by Gasteiger charge is -2.23. The number of aryl methyl sites for hydroxylation is 1. The van der Waals surface area contributed by atoms with Gasteiger partial charge in [-0.05, 0) is 50.6 Å². The lowest BCUT2D eigenvalue weighted by molar-refractivity contribution is 0.478. The van der Waals surface area contributed by atoms with Gasteiger partial charge in [0.1, 0.15) is 5.82 Å². The van der Waals surface area contributed by atoms with Gasteiger partial charge in [-0.25, -0.2) is 0 Å². The van der Waals surface area contributed by atoms with E-state index in [2.05, 4.69) is 39.9 Å². The molecule has 0 unspecified atom stereocenters. The molecule has 20 heavy (non-hydrogen) atoms. The van der Waals surface area contributed by atoms with Crippen LogP contribution in [0.25, 0.3) is 11.3 Å². The van der Waals surface area contributed by atoms with Gasteiger partial charge in [0.05, 0.1) is 5.69 Å². The van der Waals surface area contributed by atoms with Crippen LogP contribution in [0.2, 0.25) is 0 Å². The van der Waals surface area contributed by atoms with E-state index in [1.165, 1.54) is 5.56 Å². The van der Waals surface area contributed by atoms with Crippen LogP contribution in [-0.4, -0.2) is 29.3 Å². The molecule has 0 saturated carbocycles. The summed E-state index contributed by atoms with van der Waals surface area (Å²) < 4.78 is 0. The molecule has 1 fully saturated rings. The van der Waals surface area contributed by atoms with E-state index in [1.807, 2.05) is 24.3 Å². The summed E-state index contributed by atoms with van der Waals surface area (Å²) in [6.45, 7) is 4.25. The fraction of sp³-hybridized carbons (Fsp3) is 0.375. The van der Waals surface area contributed by atoms with Crippen molar-refractivity contribution in [1.29, 1.82) is 0 Å². The SMILES string of the molecule is Cc1ccccc1-c1ccc(NC2CCNCC2)nn1. The topological polar surface area (TPSA) is 49.8 Å². The molecule has 4 heteroatoms. The minimum atomic E-state index is 0.509. The molecule has 4 nitrogen and oxygen atoms in total. The molecule has 0 atom stereocenters. The number of anilines is 1. The highest BCUT2D eigenvalue weighted by Crippen LogP contribution is 2.21. The molecule has 2 N–H and O–H groups in total. The molecule has 2 aromatic rings. The summed E-state index contributed by atoms with van der Waals surface area (Å²) in [4.78, 5) is 0. The summed E-state index contributed by atoms with van der Waals surface area (Å²) in [6.07, 6.45) is 2.28. The van der Waals surface area contributed by atoms with Crippen LogP contribution >= 0.6 is 0 Å². The zero-order valence-corrected chi connectivity index (χ0v) is 11.8. The van der Waals surface area contributed by atoms with E-state index in [0.29, 0.717) is 6.04 Å². The maximum absolute atomic E-state index is 4.35. The molecule has 1 aliphatic rings. The summed E-state index contributed by atoms with van der Waals surface area (Å²) in [5.74, 6) is 0.870. The predicted molar refractivity (Wildman–Crippen MR) is 81.7 cm³/mol. The molecule has 1 aliphatic heterocycles. The van der Waals surface area contributed by atoms with Crippen LogP contribution in [0.3, 0.4) is 0 Å². The fourth-order valence-corrected chi connectivity index (χ4v) is 2.59. The number of nitrogens with one attached hydrogen (secondary N) is 2. The van der Waals surface area contributed by atoms with Crippen molar-refractivity contribution in [2.24, 2.45) is 0 Å². The third-order valence-electron chi connectivity index (χ3n) is 3.78. The minimum Gasteiger partial charge on any atom is -0.366 e. The van der Waals surface area contributed by atoms with Gasteiger partial charge >= 0.3 is 0 Å². The lowest BCUT2D eigenvalue weighted by atomic mass is 10.1. The van der Waals surface area contributed by atoms with Crippen LogP contribution in [0.15, 0.2) is 36.4 Å². The number of rotatable bonds is 3. The van der Waals surface area contributed by atoms with Crippen molar-refractivity contribution in [2.45, 2.75) is 25.8 Å². The molecule has 1 aromatic heterocycles. The lowest BCUT2D eigenvalue weighted by Crippen LogP contribution is -2.35. The van der Waals surface area contributed by atoms with Gasteiger partial charge < -0.3 is 10.6 Å². The summed E-state index contributed by atoms with van der Waals surface area (Å²) in [5.41, 5.74) is 3.30. The van der Waals surface area contributed by atoms with E-state index in [1.54, 1.807) is 0 Å². The second kappa shape index (κ2) is 6.01. The molecular weight excluding hydrogens is 248 g/mol. The number of hydrogen-bond donors (Lipinski definition) is 2. The van der Waals surface area contributed by atoms with Crippen molar-refractivity contribution in [3.05, 3.63) is 42.0 Å². The third kappa shape index (κ3) is 2.96. The molecular formula is C16H20N4. The fourth-order valence-electron chi connectivity index (χ4n) is 2.59. The second-order valence-electron chi connectivity index (χ2n) is 5.29. The maximum atomic E-state index is 4.35. The zero-order valence-electron chi connectivity index (χ0n) is 11.8. The average Bonchev–Trinajstić information content (AvgIpc) is 2.50. The molecule has 104 valence electrons. The largest absolute Gasteiger partial charge is 0.366 e. The zero-order chi connectivity index (χ0) is 13.8. The van der Waals surface area contributed by atoms with Crippen LogP contribution in [0.1, 0.15) is 18.4 Å². The summed E-state index contributed by atoms with van der Waals surface area (Å²) in [6, 6.07) is 12.8. The van der Waals surface area contributed by atoms with Crippen molar-refractivity contribution in [2.75, 3.05) is 18.4 Å². The van der Waals surface area contributed by atoms with Gasteiger partial charge in [0.25, 0.3) is 0 Å². The number of aromatic nitrogens is 2. The Morgan fingerprint density at radius 1 is 1.05 bits per heavy atom. The molecule has 0 bridgehead atoms. The van der Waals surface area contributed by atoms with Gasteiger partial charge in [-0.3, -0.25) is 0 Å². The second-order valence-corrected chi connectivity index (χ2v) is 5.29. The van der Waals surface area contributed by atoms with E-state index >= 15 is 0 Å². The predicted octanol–water partition coefficient (Wildman–Crippen LogP) is 2.62. The van der Waals surface area contributed by atoms with Gasteiger partial charge in [0.2, 0.25) is 0 Å². The Labute approximate surface area is 119 Å². The Balaban J connectivity index is 1.73. The molecule has 1 aromatic carbocycles. The standard InChI is InChI=1S/C16H20N4/c1-12-4-2-3-5-14(12)15-6-7-16(20-19-15)18-13-8-10-17-11-9-13/h2-7,13,17H,8-11H2,1H3,(H,18,20). The smallest absolute Gasteiger partial charge is 0.148 e. The van der Waals surface area contributed by atoms with Crippen molar-refractivity contribution < 1.29 is 0 Å². The summed E-state index contributed by atoms with van der Waals surface area (Å²) in [7, 11) is 0. The van der Waals surface area contributed by atoms with Gasteiger partial charge in [-0.1, -0.05) is 24.3 Å². The van der Waals surface area contributed by atoms with E-state index in [4.69, 9.17) is 0 Å². The van der Waals surface area contributed by atoms with Crippen LogP contribution in [0.4, 0.5) is 5.82 Å². The Hall–Kier alpha value is -1.94. The number of hydrogen-bond acceptors (Lipinski definition) is 4. The number of benzene rings is 1. The first kappa shape index (κ1) is 13.1. The van der Waals surface area contributed by atoms with Gasteiger partial charge in [0, 0.05) is 11.6 Å². The quantitative estimate of drug-likeness (QED) is 0.898. The molecule has 2 heterocycles. The van der Waals surface area contributed by atoms with Gasteiger partial charge in [-0.15, -0.1) is 10.2 Å². The number of nitrogens with zero attached hydrogens (tertiary/aromatic N) is 2. The summed E-state index contributed by atoms with van der Waals surface area (Å²) in [5, 5.41) is 15.5.